The van der Waals surface area contributed by atoms with E-state index < -0.39 is 10.0 Å². The summed E-state index contributed by atoms with van der Waals surface area (Å²) in [5.41, 5.74) is 1.42. The van der Waals surface area contributed by atoms with Gasteiger partial charge in [0, 0.05) is 31.4 Å². The first-order valence-electron chi connectivity index (χ1n) is 10.9. The minimum absolute atomic E-state index is 0.0551. The van der Waals surface area contributed by atoms with E-state index in [2.05, 4.69) is 20.0 Å². The Bertz CT molecular complexity index is 1320. The molecular formula is C23H25ClN4O5S2. The smallest absolute Gasteiger partial charge is 0.267 e. The number of hydrogen-bond donors (Lipinski definition) is 2. The quantitative estimate of drug-likeness (QED) is 0.427. The molecule has 0 bridgehead atoms. The third kappa shape index (κ3) is 6.10. The Balaban J connectivity index is 1.58. The van der Waals surface area contributed by atoms with Crippen molar-refractivity contribution in [3.05, 3.63) is 47.2 Å². The predicted molar refractivity (Wildman–Crippen MR) is 136 cm³/mol. The number of hydrogen-bond acceptors (Lipinski definition) is 8. The minimum atomic E-state index is -4.07. The second kappa shape index (κ2) is 10.9. The fraction of sp³-hybridized carbons (Fsp3) is 0.348. The molecule has 186 valence electrons. The topological polar surface area (TPSA) is 120 Å². The molecule has 1 aromatic carbocycles. The summed E-state index contributed by atoms with van der Waals surface area (Å²) < 4.78 is 39.4. The minimum Gasteiger partial charge on any atom is -0.480 e. The van der Waals surface area contributed by atoms with Gasteiger partial charge in [-0.25, -0.2) is 18.4 Å². The van der Waals surface area contributed by atoms with E-state index >= 15 is 0 Å². The molecule has 2 aromatic heterocycles. The molecular weight excluding hydrogens is 512 g/mol. The van der Waals surface area contributed by atoms with Gasteiger partial charge in [-0.1, -0.05) is 35.1 Å². The van der Waals surface area contributed by atoms with Gasteiger partial charge in [0.05, 0.1) is 28.4 Å². The van der Waals surface area contributed by atoms with Gasteiger partial charge in [-0.2, -0.15) is 0 Å². The maximum absolute atomic E-state index is 13.2. The molecule has 9 nitrogen and oxygen atoms in total. The standard InChI is InChI=1S/C23H25ClN4O5S2/c1-14-21(34-23(26-14)27-20(29)11-15-7-9-33-10-8-15)16-12-19(22(32-2)25-13-16)35(30,31)28-18-6-4-3-5-17(18)24/h3-6,12-13,15,28H,7-11H2,1-2H3,(H,26,27,29). The molecule has 3 heterocycles. The zero-order valence-corrected chi connectivity index (χ0v) is 21.6. The summed E-state index contributed by atoms with van der Waals surface area (Å²) >= 11 is 7.38. The summed E-state index contributed by atoms with van der Waals surface area (Å²) in [6, 6.07) is 8.00. The van der Waals surface area contributed by atoms with E-state index in [0.29, 0.717) is 46.8 Å². The number of rotatable bonds is 8. The molecule has 0 unspecified atom stereocenters. The van der Waals surface area contributed by atoms with E-state index in [1.54, 1.807) is 31.2 Å². The third-order valence-corrected chi connectivity index (χ3v) is 8.35. The summed E-state index contributed by atoms with van der Waals surface area (Å²) in [7, 11) is -2.72. The van der Waals surface area contributed by atoms with Crippen LogP contribution < -0.4 is 14.8 Å². The highest BCUT2D eigenvalue weighted by atomic mass is 35.5. The number of nitrogens with zero attached hydrogens (tertiary/aromatic N) is 2. The molecule has 0 radical (unpaired) electrons. The van der Waals surface area contributed by atoms with Crippen molar-refractivity contribution < 1.29 is 22.7 Å². The van der Waals surface area contributed by atoms with Crippen molar-refractivity contribution >= 4 is 49.7 Å². The van der Waals surface area contributed by atoms with Gasteiger partial charge in [0.15, 0.2) is 5.13 Å². The Kier molecular flexibility index (Phi) is 7.90. The first-order chi connectivity index (χ1) is 16.8. The molecule has 0 spiro atoms. The highest BCUT2D eigenvalue weighted by molar-refractivity contribution is 7.92. The molecule has 0 aliphatic carbocycles. The van der Waals surface area contributed by atoms with Gasteiger partial charge < -0.3 is 14.8 Å². The molecule has 12 heteroatoms. The molecule has 4 rings (SSSR count). The normalized spacial score (nSPS) is 14.5. The number of amides is 1. The monoisotopic (exact) mass is 536 g/mol. The lowest BCUT2D eigenvalue weighted by atomic mass is 9.96. The van der Waals surface area contributed by atoms with Crippen LogP contribution in [0.2, 0.25) is 5.02 Å². The van der Waals surface area contributed by atoms with Gasteiger partial charge in [-0.05, 0) is 43.9 Å². The van der Waals surface area contributed by atoms with Crippen LogP contribution in [0.3, 0.4) is 0 Å². The highest BCUT2D eigenvalue weighted by Gasteiger charge is 2.24. The second-order valence-corrected chi connectivity index (χ2v) is 11.1. The summed E-state index contributed by atoms with van der Waals surface area (Å²) in [4.78, 5) is 21.7. The van der Waals surface area contributed by atoms with E-state index in [4.69, 9.17) is 21.1 Å². The van der Waals surface area contributed by atoms with Crippen LogP contribution in [0.15, 0.2) is 41.4 Å². The van der Waals surface area contributed by atoms with Crippen molar-refractivity contribution in [3.63, 3.8) is 0 Å². The van der Waals surface area contributed by atoms with Crippen molar-refractivity contribution in [1.82, 2.24) is 9.97 Å². The molecule has 1 fully saturated rings. The average Bonchev–Trinajstić information content (AvgIpc) is 3.20. The van der Waals surface area contributed by atoms with Gasteiger partial charge in [0.25, 0.3) is 10.0 Å². The van der Waals surface area contributed by atoms with Crippen molar-refractivity contribution in [3.8, 4) is 16.3 Å². The number of carbonyl (C=O) groups excluding carboxylic acids is 1. The molecule has 1 aliphatic rings. The van der Waals surface area contributed by atoms with E-state index in [-0.39, 0.29) is 27.4 Å². The van der Waals surface area contributed by atoms with Crippen LogP contribution in [-0.2, 0) is 19.6 Å². The van der Waals surface area contributed by atoms with Crippen LogP contribution in [0, 0.1) is 12.8 Å². The first kappa shape index (κ1) is 25.4. The highest BCUT2D eigenvalue weighted by Crippen LogP contribution is 2.36. The van der Waals surface area contributed by atoms with E-state index in [9.17, 15) is 13.2 Å². The summed E-state index contributed by atoms with van der Waals surface area (Å²) in [5.74, 6) is 0.145. The molecule has 0 atom stereocenters. The number of para-hydroxylation sites is 1. The molecule has 1 aliphatic heterocycles. The molecule has 35 heavy (non-hydrogen) atoms. The predicted octanol–water partition coefficient (Wildman–Crippen LogP) is 4.73. The third-order valence-electron chi connectivity index (χ3n) is 5.54. The number of nitrogens with one attached hydrogen (secondary N) is 2. The van der Waals surface area contributed by atoms with Gasteiger partial charge in [0.2, 0.25) is 11.8 Å². The summed E-state index contributed by atoms with van der Waals surface area (Å²) in [6.07, 6.45) is 3.66. The van der Waals surface area contributed by atoms with Crippen LogP contribution in [0.5, 0.6) is 5.88 Å². The van der Waals surface area contributed by atoms with Crippen LogP contribution in [0.1, 0.15) is 25.0 Å². The Labute approximate surface area is 212 Å². The fourth-order valence-corrected chi connectivity index (χ4v) is 6.17. The Morgan fingerprint density at radius 2 is 2.03 bits per heavy atom. The number of thiazole rings is 1. The van der Waals surface area contributed by atoms with E-state index in [0.717, 1.165) is 12.8 Å². The maximum Gasteiger partial charge on any atom is 0.267 e. The van der Waals surface area contributed by atoms with Crippen LogP contribution in [0.25, 0.3) is 10.4 Å². The van der Waals surface area contributed by atoms with Crippen molar-refractivity contribution in [2.45, 2.75) is 31.1 Å². The molecule has 1 saturated heterocycles. The Morgan fingerprint density at radius 1 is 1.29 bits per heavy atom. The SMILES string of the molecule is COc1ncc(-c2sc(NC(=O)CC3CCOCC3)nc2C)cc1S(=O)(=O)Nc1ccccc1Cl. The fourth-order valence-electron chi connectivity index (χ4n) is 3.75. The van der Waals surface area contributed by atoms with Crippen molar-refractivity contribution in [2.24, 2.45) is 5.92 Å². The number of sulfonamides is 1. The van der Waals surface area contributed by atoms with Crippen molar-refractivity contribution in [2.75, 3.05) is 30.4 Å². The molecule has 1 amide bonds. The lowest BCUT2D eigenvalue weighted by Gasteiger charge is -2.20. The average molecular weight is 537 g/mol. The number of carbonyl (C=O) groups is 1. The van der Waals surface area contributed by atoms with E-state index in [1.165, 1.54) is 30.7 Å². The summed E-state index contributed by atoms with van der Waals surface area (Å²) in [6.45, 7) is 3.15. The number of halogens is 1. The number of methoxy groups -OCH3 is 1. The number of benzene rings is 1. The number of pyridine rings is 1. The van der Waals surface area contributed by atoms with Crippen LogP contribution in [0.4, 0.5) is 10.8 Å². The zero-order valence-electron chi connectivity index (χ0n) is 19.2. The van der Waals surface area contributed by atoms with Crippen LogP contribution >= 0.6 is 22.9 Å². The Morgan fingerprint density at radius 3 is 2.74 bits per heavy atom. The number of aromatic nitrogens is 2. The second-order valence-electron chi connectivity index (χ2n) is 8.06. The molecule has 0 saturated carbocycles. The zero-order chi connectivity index (χ0) is 25.0. The lowest BCUT2D eigenvalue weighted by molar-refractivity contribution is -0.117. The largest absolute Gasteiger partial charge is 0.480 e. The Hall–Kier alpha value is -2.73. The number of ether oxygens (including phenoxy) is 2. The van der Waals surface area contributed by atoms with Gasteiger partial charge in [-0.3, -0.25) is 9.52 Å². The number of aryl methyl sites for hydroxylation is 1. The van der Waals surface area contributed by atoms with Gasteiger partial charge >= 0.3 is 0 Å². The lowest BCUT2D eigenvalue weighted by Crippen LogP contribution is -2.22. The van der Waals surface area contributed by atoms with Crippen molar-refractivity contribution in [1.29, 1.82) is 0 Å². The maximum atomic E-state index is 13.2. The molecule has 3 aromatic rings. The van der Waals surface area contributed by atoms with E-state index in [1.807, 2.05) is 0 Å². The van der Waals surface area contributed by atoms with Gasteiger partial charge in [-0.15, -0.1) is 0 Å². The first-order valence-corrected chi connectivity index (χ1v) is 13.6. The summed E-state index contributed by atoms with van der Waals surface area (Å²) in [5, 5.41) is 3.57. The molecule has 2 N–H and O–H groups in total. The van der Waals surface area contributed by atoms with Crippen LogP contribution in [-0.4, -0.2) is 44.6 Å². The van der Waals surface area contributed by atoms with Gasteiger partial charge in [0.1, 0.15) is 4.90 Å². The number of anilines is 2.